The molecule has 0 saturated carbocycles. The number of rotatable bonds is 5. The molecule has 28 heavy (non-hydrogen) atoms. The average molecular weight is 377 g/mol. The van der Waals surface area contributed by atoms with Crippen molar-refractivity contribution in [2.45, 2.75) is 19.4 Å². The Kier molecular flexibility index (Phi) is 4.52. The fourth-order valence-electron chi connectivity index (χ4n) is 3.00. The molecule has 1 aliphatic heterocycles. The molecule has 0 aliphatic carbocycles. The Morgan fingerprint density at radius 2 is 1.89 bits per heavy atom. The van der Waals surface area contributed by atoms with Gasteiger partial charge in [0.25, 0.3) is 5.91 Å². The van der Waals surface area contributed by atoms with Crippen LogP contribution in [0.15, 0.2) is 48.5 Å². The summed E-state index contributed by atoms with van der Waals surface area (Å²) >= 11 is 0. The number of nitrogens with zero attached hydrogens (tertiary/aromatic N) is 3. The van der Waals surface area contributed by atoms with Crippen LogP contribution in [0.25, 0.3) is 11.4 Å². The molecule has 1 unspecified atom stereocenters. The smallest absolute Gasteiger partial charge is 0.252 e. The molecule has 2 heterocycles. The minimum absolute atomic E-state index is 0.0401. The number of hydrogen-bond acceptors (Lipinski definition) is 5. The Hall–Kier alpha value is -3.68. The van der Waals surface area contributed by atoms with Crippen LogP contribution >= 0.6 is 0 Å². The number of aromatic nitrogens is 3. The van der Waals surface area contributed by atoms with E-state index < -0.39 is 6.04 Å². The highest BCUT2D eigenvalue weighted by Crippen LogP contribution is 2.28. The van der Waals surface area contributed by atoms with Crippen molar-refractivity contribution in [1.82, 2.24) is 14.8 Å². The molecule has 2 N–H and O–H groups in total. The number of ether oxygens (including phenoxy) is 1. The van der Waals surface area contributed by atoms with Crippen LogP contribution in [0, 0.1) is 6.92 Å². The third kappa shape index (κ3) is 3.44. The molecule has 0 bridgehead atoms. The molecule has 142 valence electrons. The van der Waals surface area contributed by atoms with Crippen molar-refractivity contribution in [3.8, 4) is 17.1 Å². The maximum Gasteiger partial charge on any atom is 0.252 e. The van der Waals surface area contributed by atoms with Gasteiger partial charge in [0.05, 0.1) is 13.5 Å². The molecule has 1 aliphatic rings. The minimum atomic E-state index is -0.736. The summed E-state index contributed by atoms with van der Waals surface area (Å²) in [4.78, 5) is 29.0. The summed E-state index contributed by atoms with van der Waals surface area (Å²) < 4.78 is 6.57. The van der Waals surface area contributed by atoms with E-state index in [1.807, 2.05) is 31.2 Å². The molecule has 8 nitrogen and oxygen atoms in total. The maximum atomic E-state index is 12.4. The lowest BCUT2D eigenvalue weighted by atomic mass is 10.1. The third-order valence-electron chi connectivity index (χ3n) is 4.53. The largest absolute Gasteiger partial charge is 0.497 e. The average Bonchev–Trinajstić information content (AvgIpc) is 3.22. The fourth-order valence-corrected chi connectivity index (χ4v) is 3.00. The standard InChI is InChI=1S/C20H19N5O3/c1-12-3-5-13(6-4-12)18-22-20-23-19(27)16(25(20)24-18)11-17(26)21-14-7-9-15(28-2)10-8-14/h3-10,16H,11H2,1-2H3,(H,21,26)(H,22,23,24,27). The number of benzene rings is 2. The van der Waals surface area contributed by atoms with Crippen LogP contribution in [0.3, 0.4) is 0 Å². The highest BCUT2D eigenvalue weighted by atomic mass is 16.5. The van der Waals surface area contributed by atoms with Gasteiger partial charge in [-0.2, -0.15) is 4.98 Å². The zero-order chi connectivity index (χ0) is 19.7. The van der Waals surface area contributed by atoms with Gasteiger partial charge >= 0.3 is 0 Å². The molecule has 4 rings (SSSR count). The maximum absolute atomic E-state index is 12.4. The van der Waals surface area contributed by atoms with Gasteiger partial charge in [0.1, 0.15) is 11.8 Å². The molecule has 2 amide bonds. The number of amides is 2. The first-order valence-electron chi connectivity index (χ1n) is 8.82. The predicted octanol–water partition coefficient (Wildman–Crippen LogP) is 2.78. The fraction of sp³-hybridized carbons (Fsp3) is 0.200. The molecule has 1 aromatic heterocycles. The number of aryl methyl sites for hydroxylation is 1. The number of methoxy groups -OCH3 is 1. The van der Waals surface area contributed by atoms with Gasteiger partial charge in [0.2, 0.25) is 11.9 Å². The molecule has 0 fully saturated rings. The molecule has 0 radical (unpaired) electrons. The summed E-state index contributed by atoms with van der Waals surface area (Å²) in [5.74, 6) is 0.975. The molecular weight excluding hydrogens is 358 g/mol. The Labute approximate surface area is 161 Å². The zero-order valence-electron chi connectivity index (χ0n) is 15.5. The highest BCUT2D eigenvalue weighted by molar-refractivity contribution is 6.01. The highest BCUT2D eigenvalue weighted by Gasteiger charge is 2.35. The molecule has 2 aromatic carbocycles. The molecule has 0 spiro atoms. The van der Waals surface area contributed by atoms with Crippen LogP contribution < -0.4 is 15.4 Å². The first-order chi connectivity index (χ1) is 13.5. The number of hydrogen-bond donors (Lipinski definition) is 2. The summed E-state index contributed by atoms with van der Waals surface area (Å²) in [5, 5.41) is 9.90. The van der Waals surface area contributed by atoms with Gasteiger partial charge in [0, 0.05) is 11.3 Å². The molecule has 1 atom stereocenters. The predicted molar refractivity (Wildman–Crippen MR) is 104 cm³/mol. The van der Waals surface area contributed by atoms with Crippen LogP contribution in [0.2, 0.25) is 0 Å². The monoisotopic (exact) mass is 377 g/mol. The van der Waals surface area contributed by atoms with Crippen LogP contribution in [0.1, 0.15) is 18.0 Å². The van der Waals surface area contributed by atoms with Crippen LogP contribution in [-0.2, 0) is 9.59 Å². The van der Waals surface area contributed by atoms with Crippen LogP contribution in [0.4, 0.5) is 11.6 Å². The number of anilines is 2. The van der Waals surface area contributed by atoms with E-state index in [0.717, 1.165) is 11.1 Å². The Bertz CT molecular complexity index is 1020. The van der Waals surface area contributed by atoms with Gasteiger partial charge in [-0.1, -0.05) is 29.8 Å². The van der Waals surface area contributed by atoms with Crippen molar-refractivity contribution in [1.29, 1.82) is 0 Å². The number of fused-ring (bicyclic) bond motifs is 1. The normalized spacial score (nSPS) is 15.1. The molecule has 0 saturated heterocycles. The van der Waals surface area contributed by atoms with E-state index in [-0.39, 0.29) is 18.2 Å². The third-order valence-corrected chi connectivity index (χ3v) is 4.53. The van der Waals surface area contributed by atoms with Crippen molar-refractivity contribution in [3.63, 3.8) is 0 Å². The van der Waals surface area contributed by atoms with Crippen molar-refractivity contribution < 1.29 is 14.3 Å². The zero-order valence-corrected chi connectivity index (χ0v) is 15.5. The lowest BCUT2D eigenvalue weighted by Crippen LogP contribution is -2.23. The summed E-state index contributed by atoms with van der Waals surface area (Å²) in [6, 6.07) is 14.0. The lowest BCUT2D eigenvalue weighted by molar-refractivity contribution is -0.123. The SMILES string of the molecule is COc1ccc(NC(=O)CC2C(=O)Nc3nc(-c4ccc(C)cc4)nn32)cc1. The van der Waals surface area contributed by atoms with Crippen molar-refractivity contribution in [2.75, 3.05) is 17.7 Å². The Morgan fingerprint density at radius 1 is 1.18 bits per heavy atom. The second kappa shape index (κ2) is 7.15. The van der Waals surface area contributed by atoms with E-state index in [4.69, 9.17) is 4.74 Å². The number of carbonyl (C=O) groups is 2. The van der Waals surface area contributed by atoms with Gasteiger partial charge in [-0.25, -0.2) is 4.68 Å². The molecule has 3 aromatic rings. The van der Waals surface area contributed by atoms with E-state index in [0.29, 0.717) is 23.2 Å². The van der Waals surface area contributed by atoms with Crippen molar-refractivity contribution in [2.24, 2.45) is 0 Å². The number of carbonyl (C=O) groups excluding carboxylic acids is 2. The van der Waals surface area contributed by atoms with Gasteiger partial charge in [-0.3, -0.25) is 14.9 Å². The van der Waals surface area contributed by atoms with Gasteiger partial charge in [-0.15, -0.1) is 5.10 Å². The molecule has 8 heteroatoms. The second-order valence-electron chi connectivity index (χ2n) is 6.56. The van der Waals surface area contributed by atoms with Crippen molar-refractivity contribution >= 4 is 23.5 Å². The van der Waals surface area contributed by atoms with Crippen LogP contribution in [-0.4, -0.2) is 33.7 Å². The van der Waals surface area contributed by atoms with Gasteiger partial charge in [0.15, 0.2) is 5.82 Å². The molecular formula is C20H19N5O3. The van der Waals surface area contributed by atoms with E-state index in [9.17, 15) is 9.59 Å². The number of nitrogens with one attached hydrogen (secondary N) is 2. The quantitative estimate of drug-likeness (QED) is 0.712. The van der Waals surface area contributed by atoms with Crippen LogP contribution in [0.5, 0.6) is 5.75 Å². The van der Waals surface area contributed by atoms with Gasteiger partial charge in [-0.05, 0) is 31.2 Å². The van der Waals surface area contributed by atoms with E-state index in [1.54, 1.807) is 31.4 Å². The Morgan fingerprint density at radius 3 is 2.57 bits per heavy atom. The van der Waals surface area contributed by atoms with Crippen molar-refractivity contribution in [3.05, 3.63) is 54.1 Å². The first kappa shape index (κ1) is 17.7. The lowest BCUT2D eigenvalue weighted by Gasteiger charge is -2.10. The second-order valence-corrected chi connectivity index (χ2v) is 6.56. The summed E-state index contributed by atoms with van der Waals surface area (Å²) in [5.41, 5.74) is 2.61. The summed E-state index contributed by atoms with van der Waals surface area (Å²) in [7, 11) is 1.58. The topological polar surface area (TPSA) is 98.1 Å². The Balaban J connectivity index is 1.49. The first-order valence-corrected chi connectivity index (χ1v) is 8.82. The summed E-state index contributed by atoms with van der Waals surface area (Å²) in [6.07, 6.45) is -0.0401. The van der Waals surface area contributed by atoms with E-state index in [2.05, 4.69) is 20.7 Å². The van der Waals surface area contributed by atoms with Gasteiger partial charge < -0.3 is 10.1 Å². The minimum Gasteiger partial charge on any atom is -0.497 e. The van der Waals surface area contributed by atoms with E-state index in [1.165, 1.54) is 4.68 Å². The van der Waals surface area contributed by atoms with E-state index >= 15 is 0 Å². The summed E-state index contributed by atoms with van der Waals surface area (Å²) in [6.45, 7) is 2.00.